The van der Waals surface area contributed by atoms with Crippen molar-refractivity contribution in [2.45, 2.75) is 51.7 Å². The Kier molecular flexibility index (Phi) is 3.64. The Labute approximate surface area is 69.4 Å². The molecule has 0 radical (unpaired) electrons. The maximum absolute atomic E-state index is 5.42. The summed E-state index contributed by atoms with van der Waals surface area (Å²) in [7, 11) is 0. The van der Waals surface area contributed by atoms with E-state index in [9.17, 15) is 0 Å². The zero-order valence-corrected chi connectivity index (χ0v) is 7.55. The van der Waals surface area contributed by atoms with Crippen molar-refractivity contribution in [1.82, 2.24) is 0 Å². The number of allylic oxidation sites excluding steroid dienone is 1. The molecule has 0 saturated carbocycles. The third-order valence-corrected chi connectivity index (χ3v) is 2.10. The van der Waals surface area contributed by atoms with Gasteiger partial charge in [-0.2, -0.15) is 0 Å². The quantitative estimate of drug-likeness (QED) is 0.337. The lowest BCUT2D eigenvalue weighted by Gasteiger charge is -1.91. The maximum atomic E-state index is 5.42. The van der Waals surface area contributed by atoms with Crippen LogP contribution in [0.1, 0.15) is 39.5 Å². The van der Waals surface area contributed by atoms with Crippen molar-refractivity contribution in [2.75, 3.05) is 0 Å². The minimum atomic E-state index is 0.455. The molecule has 0 spiro atoms. The maximum Gasteiger partial charge on any atom is 0.102 e. The number of unbranched alkanes of at least 4 members (excludes halogenated alkanes) is 2. The fraction of sp³-hybridized carbons (Fsp3) is 0.800. The highest BCUT2D eigenvalue weighted by Crippen LogP contribution is 2.28. The van der Waals surface area contributed by atoms with Crippen molar-refractivity contribution in [3.63, 3.8) is 0 Å². The summed E-state index contributed by atoms with van der Waals surface area (Å²) in [6, 6.07) is 0. The predicted octanol–water partition coefficient (Wildman–Crippen LogP) is 2.91. The number of epoxide rings is 1. The van der Waals surface area contributed by atoms with Crippen LogP contribution in [-0.2, 0) is 4.74 Å². The smallest absolute Gasteiger partial charge is 0.102 e. The van der Waals surface area contributed by atoms with Gasteiger partial charge in [-0.1, -0.05) is 38.3 Å². The molecule has 1 fully saturated rings. The first-order chi connectivity index (χ1) is 5.38. The molecule has 64 valence electrons. The lowest BCUT2D eigenvalue weighted by atomic mass is 10.1. The zero-order valence-electron chi connectivity index (χ0n) is 7.55. The van der Waals surface area contributed by atoms with Crippen molar-refractivity contribution < 1.29 is 4.74 Å². The van der Waals surface area contributed by atoms with E-state index in [1.165, 1.54) is 25.7 Å². The van der Waals surface area contributed by atoms with Crippen LogP contribution in [0.4, 0.5) is 0 Å². The molecule has 11 heavy (non-hydrogen) atoms. The predicted molar refractivity (Wildman–Crippen MR) is 47.6 cm³/mol. The van der Waals surface area contributed by atoms with Crippen LogP contribution in [0.2, 0.25) is 0 Å². The monoisotopic (exact) mass is 154 g/mol. The van der Waals surface area contributed by atoms with Crippen LogP contribution in [0.5, 0.6) is 0 Å². The van der Waals surface area contributed by atoms with E-state index in [2.05, 4.69) is 19.1 Å². The standard InChI is InChI=1S/C10H18O/c1-3-5-6-8-10-9(11-10)7-4-2/h4,7,9-10H,3,5-6,8H2,1-2H3. The second-order valence-corrected chi connectivity index (χ2v) is 3.16. The normalized spacial score (nSPS) is 29.6. The zero-order chi connectivity index (χ0) is 8.10. The van der Waals surface area contributed by atoms with E-state index in [0.717, 1.165) is 0 Å². The van der Waals surface area contributed by atoms with Gasteiger partial charge in [-0.3, -0.25) is 0 Å². The Hall–Kier alpha value is -0.300. The molecule has 1 heteroatoms. The van der Waals surface area contributed by atoms with Crippen molar-refractivity contribution in [3.8, 4) is 0 Å². The van der Waals surface area contributed by atoms with Crippen molar-refractivity contribution in [2.24, 2.45) is 0 Å². The lowest BCUT2D eigenvalue weighted by molar-refractivity contribution is 0.373. The largest absolute Gasteiger partial charge is 0.365 e. The molecule has 1 aliphatic heterocycles. The molecule has 0 aromatic heterocycles. The molecule has 1 heterocycles. The van der Waals surface area contributed by atoms with E-state index in [1.807, 2.05) is 6.92 Å². The first kappa shape index (κ1) is 8.79. The summed E-state index contributed by atoms with van der Waals surface area (Å²) >= 11 is 0. The lowest BCUT2D eigenvalue weighted by Crippen LogP contribution is -1.89. The molecule has 2 atom stereocenters. The highest BCUT2D eigenvalue weighted by atomic mass is 16.6. The van der Waals surface area contributed by atoms with Crippen molar-refractivity contribution in [1.29, 1.82) is 0 Å². The van der Waals surface area contributed by atoms with Crippen LogP contribution in [0.25, 0.3) is 0 Å². The number of rotatable bonds is 5. The summed E-state index contributed by atoms with van der Waals surface area (Å²) < 4.78 is 5.42. The van der Waals surface area contributed by atoms with E-state index >= 15 is 0 Å². The van der Waals surface area contributed by atoms with Gasteiger partial charge in [0, 0.05) is 0 Å². The second-order valence-electron chi connectivity index (χ2n) is 3.16. The summed E-state index contributed by atoms with van der Waals surface area (Å²) in [6.07, 6.45) is 10.5. The van der Waals surface area contributed by atoms with E-state index in [4.69, 9.17) is 4.74 Å². The van der Waals surface area contributed by atoms with E-state index in [1.54, 1.807) is 0 Å². The molecule has 0 aliphatic carbocycles. The Morgan fingerprint density at radius 1 is 1.36 bits per heavy atom. The molecule has 1 rings (SSSR count). The SMILES string of the molecule is CC=CC1OC1CCCCC. The van der Waals surface area contributed by atoms with Gasteiger partial charge in [0.1, 0.15) is 6.10 Å². The van der Waals surface area contributed by atoms with Gasteiger partial charge in [-0.05, 0) is 13.3 Å². The minimum Gasteiger partial charge on any atom is -0.365 e. The number of hydrogen-bond donors (Lipinski definition) is 0. The van der Waals surface area contributed by atoms with Gasteiger partial charge < -0.3 is 4.74 Å². The Bertz CT molecular complexity index is 129. The Morgan fingerprint density at radius 2 is 2.18 bits per heavy atom. The molecule has 0 bridgehead atoms. The van der Waals surface area contributed by atoms with Crippen LogP contribution < -0.4 is 0 Å². The number of hydrogen-bond acceptors (Lipinski definition) is 1. The van der Waals surface area contributed by atoms with Gasteiger partial charge in [0.25, 0.3) is 0 Å². The molecular formula is C10H18O. The summed E-state index contributed by atoms with van der Waals surface area (Å²) in [6.45, 7) is 4.28. The van der Waals surface area contributed by atoms with E-state index in [0.29, 0.717) is 12.2 Å². The van der Waals surface area contributed by atoms with E-state index in [-0.39, 0.29) is 0 Å². The molecule has 1 nitrogen and oxygen atoms in total. The second kappa shape index (κ2) is 4.55. The van der Waals surface area contributed by atoms with Gasteiger partial charge >= 0.3 is 0 Å². The van der Waals surface area contributed by atoms with Gasteiger partial charge in [0.2, 0.25) is 0 Å². The van der Waals surface area contributed by atoms with Crippen LogP contribution in [0.3, 0.4) is 0 Å². The van der Waals surface area contributed by atoms with Gasteiger partial charge in [0.15, 0.2) is 0 Å². The van der Waals surface area contributed by atoms with Crippen LogP contribution in [-0.4, -0.2) is 12.2 Å². The molecule has 1 saturated heterocycles. The molecule has 1 aliphatic rings. The van der Waals surface area contributed by atoms with Crippen LogP contribution in [0, 0.1) is 0 Å². The first-order valence-corrected chi connectivity index (χ1v) is 4.66. The molecule has 0 aromatic rings. The highest BCUT2D eigenvalue weighted by molar-refractivity contribution is 5.00. The molecule has 0 N–H and O–H groups in total. The summed E-state index contributed by atoms with van der Waals surface area (Å²) in [5.41, 5.74) is 0. The highest BCUT2D eigenvalue weighted by Gasteiger charge is 2.34. The average Bonchev–Trinajstić information content (AvgIpc) is 2.70. The van der Waals surface area contributed by atoms with Gasteiger partial charge in [0.05, 0.1) is 6.10 Å². The van der Waals surface area contributed by atoms with Crippen molar-refractivity contribution in [3.05, 3.63) is 12.2 Å². The molecule has 2 unspecified atom stereocenters. The topological polar surface area (TPSA) is 12.5 Å². The molecular weight excluding hydrogens is 136 g/mol. The fourth-order valence-electron chi connectivity index (χ4n) is 1.34. The third-order valence-electron chi connectivity index (χ3n) is 2.10. The summed E-state index contributed by atoms with van der Waals surface area (Å²) in [5.74, 6) is 0. The Balaban J connectivity index is 1.95. The average molecular weight is 154 g/mol. The number of ether oxygens (including phenoxy) is 1. The van der Waals surface area contributed by atoms with Crippen molar-refractivity contribution >= 4 is 0 Å². The molecule has 0 aromatic carbocycles. The van der Waals surface area contributed by atoms with Crippen LogP contribution in [0.15, 0.2) is 12.2 Å². The van der Waals surface area contributed by atoms with Gasteiger partial charge in [-0.15, -0.1) is 0 Å². The summed E-state index contributed by atoms with van der Waals surface area (Å²) in [4.78, 5) is 0. The minimum absolute atomic E-state index is 0.455. The first-order valence-electron chi connectivity index (χ1n) is 4.66. The fourth-order valence-corrected chi connectivity index (χ4v) is 1.34. The summed E-state index contributed by atoms with van der Waals surface area (Å²) in [5, 5.41) is 0. The molecule has 0 amide bonds. The van der Waals surface area contributed by atoms with Gasteiger partial charge in [-0.25, -0.2) is 0 Å². The Morgan fingerprint density at radius 3 is 2.82 bits per heavy atom. The van der Waals surface area contributed by atoms with E-state index < -0.39 is 0 Å². The third kappa shape index (κ3) is 3.06. The van der Waals surface area contributed by atoms with Crippen LogP contribution >= 0.6 is 0 Å².